The second-order valence-electron chi connectivity index (χ2n) is 17.2. The molecule has 2 N–H and O–H groups in total. The highest BCUT2D eigenvalue weighted by molar-refractivity contribution is 5.91. The minimum absolute atomic E-state index is 0.236. The third-order valence-electron chi connectivity index (χ3n) is 15.2. The van der Waals surface area contributed by atoms with E-state index >= 15 is 0 Å². The normalized spacial score (nSPS) is 54.3. The lowest BCUT2D eigenvalue weighted by molar-refractivity contribution is -0.117. The summed E-state index contributed by atoms with van der Waals surface area (Å²) in [4.78, 5) is 23.5. The van der Waals surface area contributed by atoms with E-state index in [1.807, 2.05) is 12.2 Å². The number of hydrogen-bond donors (Lipinski definition) is 2. The third-order valence-corrected chi connectivity index (χ3v) is 15.2. The fourth-order valence-corrected chi connectivity index (χ4v) is 13.1. The second-order valence-corrected chi connectivity index (χ2v) is 17.2. The fourth-order valence-electron chi connectivity index (χ4n) is 13.1. The minimum Gasteiger partial charge on any atom is -0.390 e. The van der Waals surface area contributed by atoms with E-state index in [0.717, 1.165) is 51.4 Å². The maximum Gasteiger partial charge on any atom is 0.155 e. The van der Waals surface area contributed by atoms with Gasteiger partial charge in [0.1, 0.15) is 12.3 Å². The summed E-state index contributed by atoms with van der Waals surface area (Å²) in [6.07, 6.45) is 10.6. The molecule has 0 amide bonds. The van der Waals surface area contributed by atoms with Crippen LogP contribution in [0.25, 0.3) is 0 Å². The van der Waals surface area contributed by atoms with Crippen LogP contribution < -0.4 is 0 Å². The maximum absolute atomic E-state index is 14.2. The molecule has 0 heterocycles. The highest BCUT2D eigenvalue weighted by Crippen LogP contribution is 2.65. The Bertz CT molecular complexity index is 1150. The van der Waals surface area contributed by atoms with Crippen molar-refractivity contribution >= 4 is 11.6 Å². The standard InChI is InChI=1S/2C19H27FO2/c2*1-10-7-11-8-12(21)3-4-13(11)14-5-6-19(2)15(17(10)14)9-16(20)18(19)22/h2*8,10,13-18,22H,3-7,9H2,1-2H3/t10-,13+,14?,15?,16+,17?,18+,19+;10-,13+,14?,15?,16-,17?,18+,19+/m11/s1. The Morgan fingerprint density at radius 3 is 1.45 bits per heavy atom. The average Bonchev–Trinajstić information content (AvgIpc) is 3.35. The minimum atomic E-state index is -1.05. The Balaban J connectivity index is 0.000000142. The van der Waals surface area contributed by atoms with Crippen LogP contribution in [-0.2, 0) is 9.59 Å². The van der Waals surface area contributed by atoms with Crippen LogP contribution in [0, 0.1) is 70.0 Å². The second kappa shape index (κ2) is 11.1. The maximum atomic E-state index is 14.2. The topological polar surface area (TPSA) is 74.6 Å². The number of ketones is 2. The number of halogens is 2. The van der Waals surface area contributed by atoms with Crippen molar-refractivity contribution in [1.82, 2.24) is 0 Å². The van der Waals surface area contributed by atoms with Gasteiger partial charge in [0.2, 0.25) is 0 Å². The zero-order valence-corrected chi connectivity index (χ0v) is 27.2. The molecular weight excluding hydrogens is 558 g/mol. The summed E-state index contributed by atoms with van der Waals surface area (Å²) in [6, 6.07) is 0. The molecule has 0 bridgehead atoms. The number of hydrogen-bond acceptors (Lipinski definition) is 4. The lowest BCUT2D eigenvalue weighted by Gasteiger charge is -2.55. The van der Waals surface area contributed by atoms with E-state index in [1.54, 1.807) is 0 Å². The molecule has 6 saturated carbocycles. The van der Waals surface area contributed by atoms with Crippen molar-refractivity contribution in [2.24, 2.45) is 70.0 Å². The van der Waals surface area contributed by atoms with E-state index < -0.39 is 24.6 Å². The van der Waals surface area contributed by atoms with E-state index in [1.165, 1.54) is 11.1 Å². The first-order chi connectivity index (χ1) is 20.8. The van der Waals surface area contributed by atoms with Gasteiger partial charge in [-0.3, -0.25) is 9.59 Å². The summed E-state index contributed by atoms with van der Waals surface area (Å²) in [5.74, 6) is 5.51. The largest absolute Gasteiger partial charge is 0.390 e. The van der Waals surface area contributed by atoms with Crippen LogP contribution in [0.15, 0.2) is 23.3 Å². The lowest BCUT2D eigenvalue weighted by atomic mass is 9.49. The van der Waals surface area contributed by atoms with Crippen molar-refractivity contribution in [3.63, 3.8) is 0 Å². The molecule has 16 atom stereocenters. The third kappa shape index (κ3) is 4.68. The first kappa shape index (κ1) is 31.2. The van der Waals surface area contributed by atoms with Crippen molar-refractivity contribution in [2.75, 3.05) is 0 Å². The number of rotatable bonds is 0. The van der Waals surface area contributed by atoms with Crippen molar-refractivity contribution in [3.8, 4) is 0 Å². The summed E-state index contributed by atoms with van der Waals surface area (Å²) in [6.45, 7) is 8.77. The SMILES string of the molecule is C[C@@H]1CC2=CC(=O)CC[C@@H]2C2CC[C@@]3(C)C(C[C@@H](F)[C@@H]3O)C21.C[C@@H]1CC2=CC(=O)CC[C@@H]2C2CC[C@@]3(C)C(C[C@H](F)[C@@H]3O)C21. The van der Waals surface area contributed by atoms with Gasteiger partial charge in [0.15, 0.2) is 11.6 Å². The van der Waals surface area contributed by atoms with Gasteiger partial charge in [-0.05, 0) is 146 Å². The number of aliphatic hydroxyl groups is 2. The van der Waals surface area contributed by atoms with Crippen molar-refractivity contribution in [3.05, 3.63) is 23.3 Å². The average molecular weight is 613 g/mol. The van der Waals surface area contributed by atoms with Gasteiger partial charge in [-0.2, -0.15) is 0 Å². The highest BCUT2D eigenvalue weighted by atomic mass is 19.1. The van der Waals surface area contributed by atoms with E-state index in [0.29, 0.717) is 84.9 Å². The monoisotopic (exact) mass is 612 g/mol. The summed E-state index contributed by atoms with van der Waals surface area (Å²) >= 11 is 0. The molecule has 6 heteroatoms. The molecule has 0 aliphatic heterocycles. The zero-order valence-electron chi connectivity index (χ0n) is 27.2. The molecular formula is C38H54F2O4. The number of carbonyl (C=O) groups is 2. The Morgan fingerprint density at radius 2 is 1.07 bits per heavy atom. The Labute approximate surface area is 262 Å². The van der Waals surface area contributed by atoms with Crippen LogP contribution >= 0.6 is 0 Å². The Morgan fingerprint density at radius 1 is 0.682 bits per heavy atom. The molecule has 8 rings (SSSR count). The van der Waals surface area contributed by atoms with Crippen LogP contribution in [0.1, 0.15) is 105 Å². The Hall–Kier alpha value is -1.40. The molecule has 4 nitrogen and oxygen atoms in total. The first-order valence-electron chi connectivity index (χ1n) is 17.9. The predicted molar refractivity (Wildman–Crippen MR) is 166 cm³/mol. The van der Waals surface area contributed by atoms with Gasteiger partial charge in [-0.25, -0.2) is 8.78 Å². The van der Waals surface area contributed by atoms with Gasteiger partial charge in [-0.1, -0.05) is 38.8 Å². The van der Waals surface area contributed by atoms with Crippen molar-refractivity contribution < 1.29 is 28.6 Å². The zero-order chi connectivity index (χ0) is 31.3. The number of alkyl halides is 2. The summed E-state index contributed by atoms with van der Waals surface area (Å²) < 4.78 is 28.5. The fraction of sp³-hybridized carbons (Fsp3) is 0.842. The number of allylic oxidation sites excluding steroid dienone is 2. The smallest absolute Gasteiger partial charge is 0.155 e. The van der Waals surface area contributed by atoms with Gasteiger partial charge in [-0.15, -0.1) is 0 Å². The van der Waals surface area contributed by atoms with E-state index in [-0.39, 0.29) is 22.4 Å². The van der Waals surface area contributed by atoms with Crippen molar-refractivity contribution in [2.45, 2.75) is 129 Å². The lowest BCUT2D eigenvalue weighted by Crippen LogP contribution is -2.50. The molecule has 8 aliphatic carbocycles. The van der Waals surface area contributed by atoms with Gasteiger partial charge in [0.05, 0.1) is 12.2 Å². The van der Waals surface area contributed by atoms with Crippen LogP contribution in [0.2, 0.25) is 0 Å². The predicted octanol–water partition coefficient (Wildman–Crippen LogP) is 7.37. The molecule has 8 aliphatic rings. The molecule has 44 heavy (non-hydrogen) atoms. The van der Waals surface area contributed by atoms with Crippen molar-refractivity contribution in [1.29, 1.82) is 0 Å². The van der Waals surface area contributed by atoms with Crippen LogP contribution in [0.4, 0.5) is 8.78 Å². The molecule has 0 aromatic heterocycles. The molecule has 0 radical (unpaired) electrons. The van der Waals surface area contributed by atoms with Gasteiger partial charge < -0.3 is 10.2 Å². The summed E-state index contributed by atoms with van der Waals surface area (Å²) in [5.41, 5.74) is 2.26. The molecule has 0 aromatic carbocycles. The van der Waals surface area contributed by atoms with Gasteiger partial charge in [0, 0.05) is 12.8 Å². The number of aliphatic hydroxyl groups excluding tert-OH is 2. The summed E-state index contributed by atoms with van der Waals surface area (Å²) in [7, 11) is 0. The highest BCUT2D eigenvalue weighted by Gasteiger charge is 2.62. The molecule has 6 unspecified atom stereocenters. The Kier molecular flexibility index (Phi) is 7.87. The first-order valence-corrected chi connectivity index (χ1v) is 17.9. The molecule has 0 aromatic rings. The quantitative estimate of drug-likeness (QED) is 0.300. The van der Waals surface area contributed by atoms with E-state index in [4.69, 9.17) is 0 Å². The van der Waals surface area contributed by atoms with Crippen LogP contribution in [0.5, 0.6) is 0 Å². The van der Waals surface area contributed by atoms with Crippen LogP contribution in [-0.4, -0.2) is 46.3 Å². The van der Waals surface area contributed by atoms with Crippen LogP contribution in [0.3, 0.4) is 0 Å². The molecule has 0 spiro atoms. The summed E-state index contributed by atoms with van der Waals surface area (Å²) in [5, 5.41) is 20.7. The molecule has 0 saturated heterocycles. The molecule has 6 fully saturated rings. The molecule has 244 valence electrons. The van der Waals surface area contributed by atoms with E-state index in [2.05, 4.69) is 27.7 Å². The number of fused-ring (bicyclic) bond motifs is 10. The van der Waals surface area contributed by atoms with E-state index in [9.17, 15) is 28.6 Å². The van der Waals surface area contributed by atoms with Gasteiger partial charge in [0.25, 0.3) is 0 Å². The van der Waals surface area contributed by atoms with Gasteiger partial charge >= 0.3 is 0 Å². The number of carbonyl (C=O) groups excluding carboxylic acids is 2.